The lowest BCUT2D eigenvalue weighted by molar-refractivity contribution is -0.127. The Hall–Kier alpha value is -1.55. The summed E-state index contributed by atoms with van der Waals surface area (Å²) in [7, 11) is 0. The summed E-state index contributed by atoms with van der Waals surface area (Å²) >= 11 is 5.94. The van der Waals surface area contributed by atoms with Crippen molar-refractivity contribution in [3.8, 4) is 5.75 Å². The van der Waals surface area contributed by atoms with Crippen molar-refractivity contribution in [2.75, 3.05) is 0 Å². The first-order valence-electron chi connectivity index (χ1n) is 8.95. The van der Waals surface area contributed by atoms with Gasteiger partial charge < -0.3 is 4.74 Å². The second-order valence-corrected chi connectivity index (χ2v) is 8.40. The molecule has 25 heavy (non-hydrogen) atoms. The molecule has 1 unspecified atom stereocenters. The number of rotatable bonds is 4. The van der Waals surface area contributed by atoms with Gasteiger partial charge in [0.05, 0.1) is 0 Å². The van der Waals surface area contributed by atoms with Gasteiger partial charge in [0.25, 0.3) is 5.91 Å². The summed E-state index contributed by atoms with van der Waals surface area (Å²) in [4.78, 5) is 12.2. The zero-order valence-corrected chi connectivity index (χ0v) is 16.6. The molecular formula is C20H29ClN2O2. The summed E-state index contributed by atoms with van der Waals surface area (Å²) in [5.74, 6) is 1.14. The highest BCUT2D eigenvalue weighted by atomic mass is 35.5. The summed E-state index contributed by atoms with van der Waals surface area (Å²) in [6.07, 6.45) is 3.55. The van der Waals surface area contributed by atoms with Gasteiger partial charge in [-0.2, -0.15) is 5.10 Å². The topological polar surface area (TPSA) is 50.7 Å². The number of nitrogens with zero attached hydrogens (tertiary/aromatic N) is 1. The third kappa shape index (κ3) is 5.74. The maximum Gasteiger partial charge on any atom is 0.280 e. The van der Waals surface area contributed by atoms with Crippen LogP contribution in [0, 0.1) is 18.3 Å². The van der Waals surface area contributed by atoms with Crippen LogP contribution in [0.2, 0.25) is 5.02 Å². The minimum absolute atomic E-state index is 0.236. The van der Waals surface area contributed by atoms with Crippen molar-refractivity contribution in [2.24, 2.45) is 16.4 Å². The van der Waals surface area contributed by atoms with Crippen molar-refractivity contribution in [1.82, 2.24) is 5.43 Å². The number of ether oxygens (including phenoxy) is 1. The molecule has 0 bridgehead atoms. The summed E-state index contributed by atoms with van der Waals surface area (Å²) in [5, 5.41) is 4.97. The van der Waals surface area contributed by atoms with E-state index >= 15 is 0 Å². The Labute approximate surface area is 156 Å². The minimum Gasteiger partial charge on any atom is -0.481 e. The van der Waals surface area contributed by atoms with E-state index in [1.54, 1.807) is 19.1 Å². The van der Waals surface area contributed by atoms with Crippen LogP contribution in [0.4, 0.5) is 0 Å². The molecule has 0 aliphatic heterocycles. The normalized spacial score (nSPS) is 19.3. The molecule has 1 aromatic rings. The first-order chi connectivity index (χ1) is 11.7. The molecule has 0 heterocycles. The molecule has 1 fully saturated rings. The molecule has 1 N–H and O–H groups in total. The third-order valence-corrected chi connectivity index (χ3v) is 5.16. The average molecular weight is 365 g/mol. The standard InChI is InChI=1S/C20H29ClN2O2/c1-13-12-16(21)8-11-18(13)25-14(2)19(24)23-22-17-9-6-15(7-10-17)20(3,4)5/h8,11-12,14-15H,6-7,9-10H2,1-5H3,(H,23,24). The number of hydrazone groups is 1. The SMILES string of the molecule is Cc1cc(Cl)ccc1OC(C)C(=O)NN=C1CCC(C(C)(C)C)CC1. The van der Waals surface area contributed by atoms with E-state index in [2.05, 4.69) is 31.3 Å². The fourth-order valence-corrected chi connectivity index (χ4v) is 3.37. The highest BCUT2D eigenvalue weighted by Gasteiger charge is 2.28. The fourth-order valence-electron chi connectivity index (χ4n) is 3.14. The maximum atomic E-state index is 12.2. The summed E-state index contributed by atoms with van der Waals surface area (Å²) < 4.78 is 5.72. The van der Waals surface area contributed by atoms with Crippen LogP contribution in [0.1, 0.15) is 58.9 Å². The van der Waals surface area contributed by atoms with Gasteiger partial charge in [0.15, 0.2) is 6.10 Å². The van der Waals surface area contributed by atoms with Gasteiger partial charge in [0, 0.05) is 10.7 Å². The summed E-state index contributed by atoms with van der Waals surface area (Å²) in [6.45, 7) is 10.5. The van der Waals surface area contributed by atoms with Crippen LogP contribution < -0.4 is 10.2 Å². The van der Waals surface area contributed by atoms with Crippen LogP contribution in [-0.4, -0.2) is 17.7 Å². The van der Waals surface area contributed by atoms with E-state index in [0.717, 1.165) is 42.9 Å². The smallest absolute Gasteiger partial charge is 0.280 e. The van der Waals surface area contributed by atoms with Gasteiger partial charge in [-0.25, -0.2) is 5.43 Å². The summed E-state index contributed by atoms with van der Waals surface area (Å²) in [6, 6.07) is 5.35. The minimum atomic E-state index is -0.616. The Morgan fingerprint density at radius 3 is 2.52 bits per heavy atom. The second kappa shape index (κ2) is 8.22. The number of carbonyl (C=O) groups is 1. The van der Waals surface area contributed by atoms with Crippen molar-refractivity contribution in [3.63, 3.8) is 0 Å². The largest absolute Gasteiger partial charge is 0.481 e. The van der Waals surface area contributed by atoms with Crippen LogP contribution in [-0.2, 0) is 4.79 Å². The van der Waals surface area contributed by atoms with Crippen molar-refractivity contribution in [2.45, 2.75) is 66.4 Å². The van der Waals surface area contributed by atoms with E-state index in [-0.39, 0.29) is 5.91 Å². The van der Waals surface area contributed by atoms with Crippen LogP contribution in [0.15, 0.2) is 23.3 Å². The zero-order valence-electron chi connectivity index (χ0n) is 15.9. The molecule has 138 valence electrons. The quantitative estimate of drug-likeness (QED) is 0.753. The predicted molar refractivity (Wildman–Crippen MR) is 103 cm³/mol. The van der Waals surface area contributed by atoms with Crippen LogP contribution in [0.25, 0.3) is 0 Å². The number of halogens is 1. The summed E-state index contributed by atoms with van der Waals surface area (Å²) in [5.41, 5.74) is 4.97. The molecule has 1 amide bonds. The molecule has 0 radical (unpaired) electrons. The van der Waals surface area contributed by atoms with E-state index in [1.807, 2.05) is 13.0 Å². The lowest BCUT2D eigenvalue weighted by Gasteiger charge is -2.34. The average Bonchev–Trinajstić information content (AvgIpc) is 2.54. The third-order valence-electron chi connectivity index (χ3n) is 4.92. The Balaban J connectivity index is 1.85. The van der Waals surface area contributed by atoms with Crippen molar-refractivity contribution in [3.05, 3.63) is 28.8 Å². The van der Waals surface area contributed by atoms with E-state index < -0.39 is 6.10 Å². The van der Waals surface area contributed by atoms with Gasteiger partial charge in [0.1, 0.15) is 5.75 Å². The number of benzene rings is 1. The van der Waals surface area contributed by atoms with Crippen molar-refractivity contribution in [1.29, 1.82) is 0 Å². The molecule has 5 heteroatoms. The number of hydrogen-bond donors (Lipinski definition) is 1. The first kappa shape index (κ1) is 19.8. The molecule has 1 atom stereocenters. The molecule has 0 aromatic heterocycles. The number of hydrogen-bond acceptors (Lipinski definition) is 3. The lowest BCUT2D eigenvalue weighted by Crippen LogP contribution is -2.34. The van der Waals surface area contributed by atoms with E-state index in [1.165, 1.54) is 0 Å². The molecule has 1 aliphatic rings. The Kier molecular flexibility index (Phi) is 6.50. The molecule has 2 rings (SSSR count). The van der Waals surface area contributed by atoms with E-state index in [0.29, 0.717) is 16.2 Å². The molecule has 4 nitrogen and oxygen atoms in total. The highest BCUT2D eigenvalue weighted by molar-refractivity contribution is 6.30. The number of aryl methyl sites for hydroxylation is 1. The van der Waals surface area contributed by atoms with E-state index in [9.17, 15) is 4.79 Å². The van der Waals surface area contributed by atoms with Crippen molar-refractivity contribution < 1.29 is 9.53 Å². The fraction of sp³-hybridized carbons (Fsp3) is 0.600. The first-order valence-corrected chi connectivity index (χ1v) is 9.32. The monoisotopic (exact) mass is 364 g/mol. The van der Waals surface area contributed by atoms with Gasteiger partial charge in [-0.3, -0.25) is 4.79 Å². The van der Waals surface area contributed by atoms with Gasteiger partial charge in [-0.15, -0.1) is 0 Å². The second-order valence-electron chi connectivity index (χ2n) is 7.96. The molecule has 1 saturated carbocycles. The van der Waals surface area contributed by atoms with Crippen LogP contribution in [0.5, 0.6) is 5.75 Å². The number of carbonyl (C=O) groups excluding carboxylic acids is 1. The molecule has 0 saturated heterocycles. The molecule has 1 aromatic carbocycles. The van der Waals surface area contributed by atoms with Crippen molar-refractivity contribution >= 4 is 23.2 Å². The Morgan fingerprint density at radius 1 is 1.32 bits per heavy atom. The molecule has 1 aliphatic carbocycles. The van der Waals surface area contributed by atoms with Gasteiger partial charge in [-0.1, -0.05) is 32.4 Å². The van der Waals surface area contributed by atoms with Gasteiger partial charge in [-0.05, 0) is 74.6 Å². The molecular weight excluding hydrogens is 336 g/mol. The van der Waals surface area contributed by atoms with Crippen LogP contribution in [0.3, 0.4) is 0 Å². The number of nitrogens with one attached hydrogen (secondary N) is 1. The maximum absolute atomic E-state index is 12.2. The number of amides is 1. The lowest BCUT2D eigenvalue weighted by atomic mass is 9.72. The Morgan fingerprint density at radius 2 is 1.96 bits per heavy atom. The van der Waals surface area contributed by atoms with Gasteiger partial charge >= 0.3 is 0 Å². The zero-order chi connectivity index (χ0) is 18.6. The predicted octanol–water partition coefficient (Wildman–Crippen LogP) is 5.12. The van der Waals surface area contributed by atoms with Gasteiger partial charge in [0.2, 0.25) is 0 Å². The van der Waals surface area contributed by atoms with Crippen LogP contribution >= 0.6 is 11.6 Å². The highest BCUT2D eigenvalue weighted by Crippen LogP contribution is 2.36. The van der Waals surface area contributed by atoms with E-state index in [4.69, 9.17) is 16.3 Å². The molecule has 0 spiro atoms. The Bertz CT molecular complexity index is 640.